The van der Waals surface area contributed by atoms with E-state index in [4.69, 9.17) is 16.3 Å². The van der Waals surface area contributed by atoms with E-state index >= 15 is 0 Å². The van der Waals surface area contributed by atoms with Crippen LogP contribution in [-0.2, 0) is 11.3 Å². The lowest BCUT2D eigenvalue weighted by atomic mass is 10.1. The van der Waals surface area contributed by atoms with Gasteiger partial charge in [0.15, 0.2) is 0 Å². The number of aryl methyl sites for hydroxylation is 2. The van der Waals surface area contributed by atoms with Gasteiger partial charge in [-0.1, -0.05) is 35.9 Å². The van der Waals surface area contributed by atoms with E-state index in [-0.39, 0.29) is 24.4 Å². The summed E-state index contributed by atoms with van der Waals surface area (Å²) in [4.78, 5) is 24.8. The molecular formula is C20H19ClN2O3. The first-order valence-corrected chi connectivity index (χ1v) is 8.60. The number of anilines is 1. The molecule has 0 aliphatic heterocycles. The zero-order valence-electron chi connectivity index (χ0n) is 14.6. The van der Waals surface area contributed by atoms with Gasteiger partial charge in [-0.05, 0) is 30.7 Å². The van der Waals surface area contributed by atoms with Crippen LogP contribution in [-0.4, -0.2) is 17.6 Å². The van der Waals surface area contributed by atoms with Crippen LogP contribution in [0.25, 0.3) is 10.9 Å². The molecule has 3 rings (SSSR count). The SMILES string of the molecule is COc1cccc2c(C)cc(=O)n(CCC(=O)Nc3ccccc3Cl)c12. The zero-order valence-corrected chi connectivity index (χ0v) is 15.3. The van der Waals surface area contributed by atoms with Crippen molar-refractivity contribution in [1.29, 1.82) is 0 Å². The van der Waals surface area contributed by atoms with E-state index in [1.54, 1.807) is 42.0 Å². The number of carbonyl (C=O) groups is 1. The van der Waals surface area contributed by atoms with E-state index in [1.807, 2.05) is 25.1 Å². The molecule has 0 saturated carbocycles. The number of amides is 1. The molecule has 0 radical (unpaired) electrons. The van der Waals surface area contributed by atoms with E-state index in [0.29, 0.717) is 22.0 Å². The first kappa shape index (κ1) is 18.0. The highest BCUT2D eigenvalue weighted by atomic mass is 35.5. The molecule has 0 atom stereocenters. The van der Waals surface area contributed by atoms with Gasteiger partial charge in [0.05, 0.1) is 23.3 Å². The average molecular weight is 371 g/mol. The third-order valence-corrected chi connectivity index (χ3v) is 4.56. The number of benzene rings is 2. The number of hydrogen-bond acceptors (Lipinski definition) is 3. The normalized spacial score (nSPS) is 10.7. The number of fused-ring (bicyclic) bond motifs is 1. The smallest absolute Gasteiger partial charge is 0.251 e. The van der Waals surface area contributed by atoms with Crippen LogP contribution in [0.1, 0.15) is 12.0 Å². The molecule has 5 nitrogen and oxygen atoms in total. The number of nitrogens with zero attached hydrogens (tertiary/aromatic N) is 1. The second kappa shape index (κ2) is 7.62. The maximum Gasteiger partial charge on any atom is 0.251 e. The molecule has 26 heavy (non-hydrogen) atoms. The highest BCUT2D eigenvalue weighted by Gasteiger charge is 2.13. The summed E-state index contributed by atoms with van der Waals surface area (Å²) < 4.78 is 7.00. The molecule has 0 bridgehead atoms. The topological polar surface area (TPSA) is 60.3 Å². The number of pyridine rings is 1. The van der Waals surface area contributed by atoms with Crippen LogP contribution in [0, 0.1) is 6.92 Å². The number of para-hydroxylation sites is 2. The maximum atomic E-state index is 12.5. The molecule has 0 aliphatic rings. The van der Waals surface area contributed by atoms with Crippen molar-refractivity contribution in [1.82, 2.24) is 4.57 Å². The van der Waals surface area contributed by atoms with Crippen molar-refractivity contribution in [2.24, 2.45) is 0 Å². The van der Waals surface area contributed by atoms with Crippen molar-refractivity contribution in [2.75, 3.05) is 12.4 Å². The van der Waals surface area contributed by atoms with Gasteiger partial charge in [-0.15, -0.1) is 0 Å². The lowest BCUT2D eigenvalue weighted by molar-refractivity contribution is -0.116. The predicted molar refractivity (Wildman–Crippen MR) is 104 cm³/mol. The standard InChI is InChI=1S/C20H19ClN2O3/c1-13-12-19(25)23(20-14(13)6-5-9-17(20)26-2)11-10-18(24)22-16-8-4-3-7-15(16)21/h3-9,12H,10-11H2,1-2H3,(H,22,24). The molecule has 0 fully saturated rings. The minimum atomic E-state index is -0.214. The number of halogens is 1. The molecule has 0 unspecified atom stereocenters. The van der Waals surface area contributed by atoms with E-state index in [1.165, 1.54) is 0 Å². The van der Waals surface area contributed by atoms with Crippen LogP contribution in [0.4, 0.5) is 5.69 Å². The second-order valence-corrected chi connectivity index (χ2v) is 6.36. The summed E-state index contributed by atoms with van der Waals surface area (Å²) in [5.41, 5.74) is 1.97. The van der Waals surface area contributed by atoms with Crippen molar-refractivity contribution in [2.45, 2.75) is 19.9 Å². The number of rotatable bonds is 5. The van der Waals surface area contributed by atoms with Crippen LogP contribution >= 0.6 is 11.6 Å². The number of methoxy groups -OCH3 is 1. The van der Waals surface area contributed by atoms with Crippen LogP contribution in [0.3, 0.4) is 0 Å². The Hall–Kier alpha value is -2.79. The van der Waals surface area contributed by atoms with Gasteiger partial charge in [0.25, 0.3) is 5.56 Å². The summed E-state index contributed by atoms with van der Waals surface area (Å²) >= 11 is 6.06. The number of nitrogens with one attached hydrogen (secondary N) is 1. The second-order valence-electron chi connectivity index (χ2n) is 5.95. The first-order valence-electron chi connectivity index (χ1n) is 8.23. The van der Waals surface area contributed by atoms with Crippen molar-refractivity contribution >= 4 is 34.1 Å². The molecule has 2 aromatic carbocycles. The van der Waals surface area contributed by atoms with Crippen molar-refractivity contribution < 1.29 is 9.53 Å². The summed E-state index contributed by atoms with van der Waals surface area (Å²) in [5.74, 6) is 0.392. The Kier molecular flexibility index (Phi) is 5.28. The Morgan fingerprint density at radius 1 is 1.19 bits per heavy atom. The van der Waals surface area contributed by atoms with E-state index in [0.717, 1.165) is 10.9 Å². The van der Waals surface area contributed by atoms with Crippen LogP contribution in [0.5, 0.6) is 5.75 Å². The molecule has 0 saturated heterocycles. The first-order chi connectivity index (χ1) is 12.5. The Morgan fingerprint density at radius 3 is 2.69 bits per heavy atom. The third kappa shape index (κ3) is 3.58. The van der Waals surface area contributed by atoms with Gasteiger partial charge in [-0.3, -0.25) is 9.59 Å². The molecule has 134 valence electrons. The van der Waals surface area contributed by atoms with Gasteiger partial charge in [0.2, 0.25) is 5.91 Å². The van der Waals surface area contributed by atoms with Crippen molar-refractivity contribution in [3.05, 3.63) is 69.5 Å². The molecule has 1 aromatic heterocycles. The molecule has 1 heterocycles. The van der Waals surface area contributed by atoms with Gasteiger partial charge in [-0.25, -0.2) is 0 Å². The molecule has 1 N–H and O–H groups in total. The van der Waals surface area contributed by atoms with Crippen LogP contribution < -0.4 is 15.6 Å². The highest BCUT2D eigenvalue weighted by molar-refractivity contribution is 6.33. The predicted octanol–water partition coefficient (Wildman–Crippen LogP) is 4.00. The molecule has 1 amide bonds. The van der Waals surface area contributed by atoms with E-state index in [9.17, 15) is 9.59 Å². The van der Waals surface area contributed by atoms with Crippen LogP contribution in [0.2, 0.25) is 5.02 Å². The lowest BCUT2D eigenvalue weighted by Crippen LogP contribution is -2.24. The number of hydrogen-bond donors (Lipinski definition) is 1. The molecule has 6 heteroatoms. The summed E-state index contributed by atoms with van der Waals surface area (Å²) in [5, 5.41) is 4.17. The van der Waals surface area contributed by atoms with Gasteiger partial charge in [0.1, 0.15) is 5.75 Å². The fourth-order valence-corrected chi connectivity index (χ4v) is 3.13. The van der Waals surface area contributed by atoms with Gasteiger partial charge < -0.3 is 14.6 Å². The highest BCUT2D eigenvalue weighted by Crippen LogP contribution is 2.26. The number of ether oxygens (including phenoxy) is 1. The quantitative estimate of drug-likeness (QED) is 0.738. The Balaban J connectivity index is 1.88. The third-order valence-electron chi connectivity index (χ3n) is 4.23. The van der Waals surface area contributed by atoms with Gasteiger partial charge >= 0.3 is 0 Å². The molecular weight excluding hydrogens is 352 g/mol. The minimum Gasteiger partial charge on any atom is -0.495 e. The monoisotopic (exact) mass is 370 g/mol. The van der Waals surface area contributed by atoms with Gasteiger partial charge in [-0.2, -0.15) is 0 Å². The van der Waals surface area contributed by atoms with Crippen molar-refractivity contribution in [3.8, 4) is 5.75 Å². The summed E-state index contributed by atoms with van der Waals surface area (Å²) in [6.07, 6.45) is 0.140. The summed E-state index contributed by atoms with van der Waals surface area (Å²) in [6, 6.07) is 14.2. The zero-order chi connectivity index (χ0) is 18.7. The Labute approximate surface area is 156 Å². The Morgan fingerprint density at radius 2 is 1.96 bits per heavy atom. The summed E-state index contributed by atoms with van der Waals surface area (Å²) in [6.45, 7) is 2.13. The van der Waals surface area contributed by atoms with Crippen molar-refractivity contribution in [3.63, 3.8) is 0 Å². The fourth-order valence-electron chi connectivity index (χ4n) is 2.95. The van der Waals surface area contributed by atoms with Crippen LogP contribution in [0.15, 0.2) is 53.3 Å². The summed E-state index contributed by atoms with van der Waals surface area (Å²) in [7, 11) is 1.57. The number of aromatic nitrogens is 1. The van der Waals surface area contributed by atoms with Gasteiger partial charge in [0, 0.05) is 24.4 Å². The average Bonchev–Trinajstić information content (AvgIpc) is 2.63. The Bertz CT molecular complexity index is 1030. The molecule has 0 spiro atoms. The fraction of sp³-hybridized carbons (Fsp3) is 0.200. The molecule has 0 aliphatic carbocycles. The van der Waals surface area contributed by atoms with E-state index < -0.39 is 0 Å². The minimum absolute atomic E-state index is 0.140. The lowest BCUT2D eigenvalue weighted by Gasteiger charge is -2.15. The largest absolute Gasteiger partial charge is 0.495 e. The number of carbonyl (C=O) groups excluding carboxylic acids is 1. The maximum absolute atomic E-state index is 12.5. The van der Waals surface area contributed by atoms with E-state index in [2.05, 4.69) is 5.32 Å². The molecule has 3 aromatic rings.